The number of amides is 1. The fraction of sp³-hybridized carbons (Fsp3) is 0.190. The minimum Gasteiger partial charge on any atom is -0.326 e. The van der Waals surface area contributed by atoms with E-state index in [1.54, 1.807) is 0 Å². The van der Waals surface area contributed by atoms with Gasteiger partial charge in [0.05, 0.1) is 17.9 Å². The number of thiazole rings is 1. The average Bonchev–Trinajstić information content (AvgIpc) is 3.10. The van der Waals surface area contributed by atoms with Crippen molar-refractivity contribution >= 4 is 40.5 Å². The van der Waals surface area contributed by atoms with E-state index < -0.39 is 0 Å². The number of Topliss-reactive ketones (excluding diaryl/α,β-unsaturated/α-hetero) is 1. The van der Waals surface area contributed by atoms with Crippen LogP contribution in [-0.4, -0.2) is 22.4 Å². The number of aryl methyl sites for hydroxylation is 2. The van der Waals surface area contributed by atoms with Crippen LogP contribution in [0.2, 0.25) is 0 Å². The summed E-state index contributed by atoms with van der Waals surface area (Å²) in [5.41, 5.74) is 4.10. The first-order valence-electron chi connectivity index (χ1n) is 8.64. The van der Waals surface area contributed by atoms with Crippen LogP contribution in [0.5, 0.6) is 0 Å². The number of carbonyl (C=O) groups excluding carboxylic acids is 2. The molecule has 0 bridgehead atoms. The highest BCUT2D eigenvalue weighted by Crippen LogP contribution is 2.24. The Morgan fingerprint density at radius 1 is 1.14 bits per heavy atom. The topological polar surface area (TPSA) is 59.1 Å². The number of carbonyl (C=O) groups is 2. The molecule has 7 heteroatoms. The number of benzene rings is 2. The Labute approximate surface area is 171 Å². The maximum absolute atomic E-state index is 12.9. The lowest BCUT2D eigenvalue weighted by Gasteiger charge is -2.08. The number of ketones is 1. The van der Waals surface area contributed by atoms with Crippen LogP contribution < -0.4 is 5.32 Å². The van der Waals surface area contributed by atoms with E-state index in [9.17, 15) is 14.0 Å². The van der Waals surface area contributed by atoms with Crippen molar-refractivity contribution in [1.29, 1.82) is 0 Å². The van der Waals surface area contributed by atoms with Gasteiger partial charge in [-0.05, 0) is 49.7 Å². The quantitative estimate of drug-likeness (QED) is 0.434. The van der Waals surface area contributed by atoms with Crippen molar-refractivity contribution in [3.63, 3.8) is 0 Å². The summed E-state index contributed by atoms with van der Waals surface area (Å²) in [5.74, 6) is -0.369. The zero-order valence-electron chi connectivity index (χ0n) is 15.5. The van der Waals surface area contributed by atoms with Gasteiger partial charge in [-0.2, -0.15) is 0 Å². The third-order valence-corrected chi connectivity index (χ3v) is 6.09. The molecule has 0 saturated carbocycles. The Morgan fingerprint density at radius 3 is 2.61 bits per heavy atom. The number of nitrogens with zero attached hydrogens (tertiary/aromatic N) is 1. The molecule has 0 radical (unpaired) electrons. The van der Waals surface area contributed by atoms with Crippen LogP contribution in [-0.2, 0) is 11.2 Å². The summed E-state index contributed by atoms with van der Waals surface area (Å²) in [7, 11) is 0. The first-order chi connectivity index (χ1) is 13.4. The van der Waals surface area contributed by atoms with E-state index in [2.05, 4.69) is 10.3 Å². The maximum atomic E-state index is 12.9. The Balaban J connectivity index is 1.52. The third kappa shape index (κ3) is 5.50. The molecule has 1 amide bonds. The van der Waals surface area contributed by atoms with Crippen LogP contribution in [0.3, 0.4) is 0 Å². The molecule has 3 rings (SSSR count). The number of rotatable bonds is 7. The lowest BCUT2D eigenvalue weighted by molar-refractivity contribution is -0.115. The summed E-state index contributed by atoms with van der Waals surface area (Å²) < 4.78 is 13.7. The van der Waals surface area contributed by atoms with Gasteiger partial charge in [0.25, 0.3) is 0 Å². The van der Waals surface area contributed by atoms with E-state index in [4.69, 9.17) is 0 Å². The number of hydrogen-bond acceptors (Lipinski definition) is 5. The van der Waals surface area contributed by atoms with Gasteiger partial charge in [0, 0.05) is 16.6 Å². The molecule has 0 unspecified atom stereocenters. The van der Waals surface area contributed by atoms with E-state index in [0.29, 0.717) is 11.3 Å². The second-order valence-corrected chi connectivity index (χ2v) is 8.45. The molecule has 0 fully saturated rings. The van der Waals surface area contributed by atoms with Gasteiger partial charge >= 0.3 is 0 Å². The number of aromatic nitrogens is 1. The lowest BCUT2D eigenvalue weighted by atomic mass is 10.1. The van der Waals surface area contributed by atoms with E-state index in [1.807, 2.05) is 37.4 Å². The summed E-state index contributed by atoms with van der Waals surface area (Å²) in [4.78, 5) is 28.8. The van der Waals surface area contributed by atoms with Gasteiger partial charge in [-0.15, -0.1) is 11.3 Å². The Bertz CT molecular complexity index is 1000. The predicted molar refractivity (Wildman–Crippen MR) is 112 cm³/mol. The molecule has 3 aromatic rings. The van der Waals surface area contributed by atoms with Crippen LogP contribution in [0.1, 0.15) is 27.2 Å². The molecule has 28 heavy (non-hydrogen) atoms. The minimum atomic E-state index is -0.368. The van der Waals surface area contributed by atoms with Crippen molar-refractivity contribution in [2.75, 3.05) is 11.1 Å². The number of thioether (sulfide) groups is 1. The first-order valence-corrected chi connectivity index (χ1v) is 10.5. The number of halogens is 1. The van der Waals surface area contributed by atoms with Gasteiger partial charge < -0.3 is 5.32 Å². The Hall–Kier alpha value is -2.51. The van der Waals surface area contributed by atoms with Crippen molar-refractivity contribution in [1.82, 2.24) is 4.98 Å². The highest BCUT2D eigenvalue weighted by atomic mass is 32.2. The fourth-order valence-corrected chi connectivity index (χ4v) is 4.33. The van der Waals surface area contributed by atoms with E-state index >= 15 is 0 Å². The van der Waals surface area contributed by atoms with Crippen molar-refractivity contribution in [3.8, 4) is 0 Å². The number of hydrogen-bond donors (Lipinski definition) is 1. The molecule has 2 aromatic carbocycles. The van der Waals surface area contributed by atoms with Gasteiger partial charge in [0.15, 0.2) is 10.1 Å². The van der Waals surface area contributed by atoms with Gasteiger partial charge in [-0.1, -0.05) is 29.5 Å². The van der Waals surface area contributed by atoms with Gasteiger partial charge in [-0.25, -0.2) is 9.37 Å². The van der Waals surface area contributed by atoms with Crippen molar-refractivity contribution < 1.29 is 14.0 Å². The zero-order chi connectivity index (χ0) is 20.1. The van der Waals surface area contributed by atoms with Crippen molar-refractivity contribution in [2.24, 2.45) is 0 Å². The number of anilines is 1. The standard InChI is InChI=1S/C21H19FN2O2S2/c1-13-3-8-18(14(2)9-13)24-20(26)10-17-11-27-21(23-17)28-12-19(25)15-4-6-16(22)7-5-15/h3-9,11H,10,12H2,1-2H3,(H,24,26). The van der Waals surface area contributed by atoms with Crippen LogP contribution >= 0.6 is 23.1 Å². The second-order valence-electron chi connectivity index (χ2n) is 6.37. The summed E-state index contributed by atoms with van der Waals surface area (Å²) in [6, 6.07) is 11.4. The highest BCUT2D eigenvalue weighted by Gasteiger charge is 2.12. The lowest BCUT2D eigenvalue weighted by Crippen LogP contribution is -2.15. The van der Waals surface area contributed by atoms with Crippen molar-refractivity contribution in [3.05, 3.63) is 76.0 Å². The average molecular weight is 415 g/mol. The summed E-state index contributed by atoms with van der Waals surface area (Å²) in [5, 5.41) is 4.73. The van der Waals surface area contributed by atoms with Gasteiger partial charge in [-0.3, -0.25) is 9.59 Å². The van der Waals surface area contributed by atoms with E-state index in [0.717, 1.165) is 21.2 Å². The molecule has 0 saturated heterocycles. The molecular formula is C21H19FN2O2S2. The minimum absolute atomic E-state index is 0.0886. The highest BCUT2D eigenvalue weighted by molar-refractivity contribution is 8.01. The maximum Gasteiger partial charge on any atom is 0.230 e. The molecule has 1 heterocycles. The monoisotopic (exact) mass is 414 g/mol. The molecule has 0 aliphatic heterocycles. The third-order valence-electron chi connectivity index (χ3n) is 4.02. The molecular weight excluding hydrogens is 395 g/mol. The fourth-order valence-electron chi connectivity index (χ4n) is 2.60. The smallest absolute Gasteiger partial charge is 0.230 e. The van der Waals surface area contributed by atoms with Crippen LogP contribution in [0, 0.1) is 19.7 Å². The van der Waals surface area contributed by atoms with Gasteiger partial charge in [0.1, 0.15) is 5.82 Å². The number of nitrogens with one attached hydrogen (secondary N) is 1. The summed E-state index contributed by atoms with van der Waals surface area (Å²) >= 11 is 2.72. The van der Waals surface area contributed by atoms with Crippen LogP contribution in [0.4, 0.5) is 10.1 Å². The molecule has 4 nitrogen and oxygen atoms in total. The Kier molecular flexibility index (Phi) is 6.59. The summed E-state index contributed by atoms with van der Waals surface area (Å²) in [6.45, 7) is 3.96. The van der Waals surface area contributed by atoms with Crippen LogP contribution in [0.15, 0.2) is 52.2 Å². The molecule has 1 aromatic heterocycles. The van der Waals surface area contributed by atoms with E-state index in [1.165, 1.54) is 47.4 Å². The van der Waals surface area contributed by atoms with E-state index in [-0.39, 0.29) is 29.7 Å². The molecule has 0 aliphatic carbocycles. The molecule has 1 N–H and O–H groups in total. The normalized spacial score (nSPS) is 10.7. The predicted octanol–water partition coefficient (Wildman–Crippen LogP) is 5.06. The largest absolute Gasteiger partial charge is 0.326 e. The SMILES string of the molecule is Cc1ccc(NC(=O)Cc2csc(SCC(=O)c3ccc(F)cc3)n2)c(C)c1. The zero-order valence-corrected chi connectivity index (χ0v) is 17.1. The first kappa shape index (κ1) is 20.2. The summed E-state index contributed by atoms with van der Waals surface area (Å²) in [6.07, 6.45) is 0.177. The Morgan fingerprint density at radius 2 is 1.89 bits per heavy atom. The molecule has 0 spiro atoms. The molecule has 0 atom stereocenters. The van der Waals surface area contributed by atoms with Crippen LogP contribution in [0.25, 0.3) is 0 Å². The van der Waals surface area contributed by atoms with Crippen molar-refractivity contribution in [2.45, 2.75) is 24.6 Å². The molecule has 0 aliphatic rings. The second kappa shape index (κ2) is 9.12. The molecule has 144 valence electrons. The van der Waals surface area contributed by atoms with Gasteiger partial charge in [0.2, 0.25) is 5.91 Å².